The van der Waals surface area contributed by atoms with E-state index in [1.165, 1.54) is 0 Å². The maximum absolute atomic E-state index is 13.5. The summed E-state index contributed by atoms with van der Waals surface area (Å²) in [5.74, 6) is -1.60. The number of benzene rings is 1. The standard InChI is InChI=1S/C14H18F4N2O2S.ClH/c1-13(4-6-19-7-5-13)9-20-23(21,22)10-2-3-11(12(15)8-10)14(16,17)18;/h2-3,8,19-20H,4-7,9H2,1H3;1H. The summed E-state index contributed by atoms with van der Waals surface area (Å²) in [5, 5.41) is 3.16. The van der Waals surface area contributed by atoms with Gasteiger partial charge in [0.25, 0.3) is 0 Å². The Hall–Kier alpha value is -0.900. The second-order valence-electron chi connectivity index (χ2n) is 6.02. The third kappa shape index (κ3) is 5.05. The van der Waals surface area contributed by atoms with Gasteiger partial charge in [-0.05, 0) is 49.5 Å². The maximum atomic E-state index is 13.5. The van der Waals surface area contributed by atoms with Crippen molar-refractivity contribution in [2.45, 2.75) is 30.8 Å². The number of rotatable bonds is 4. The molecule has 0 unspecified atom stereocenters. The van der Waals surface area contributed by atoms with Gasteiger partial charge in [-0.1, -0.05) is 6.92 Å². The van der Waals surface area contributed by atoms with Gasteiger partial charge in [0, 0.05) is 6.54 Å². The zero-order valence-electron chi connectivity index (χ0n) is 12.9. The highest BCUT2D eigenvalue weighted by atomic mass is 35.5. The van der Waals surface area contributed by atoms with Crippen LogP contribution in [0.2, 0.25) is 0 Å². The van der Waals surface area contributed by atoms with E-state index in [1.807, 2.05) is 6.92 Å². The average Bonchev–Trinajstić information content (AvgIpc) is 2.45. The molecule has 0 saturated carbocycles. The molecule has 1 aromatic carbocycles. The van der Waals surface area contributed by atoms with Crippen molar-refractivity contribution in [3.63, 3.8) is 0 Å². The molecule has 2 N–H and O–H groups in total. The van der Waals surface area contributed by atoms with Crippen LogP contribution < -0.4 is 10.0 Å². The predicted octanol–water partition coefficient (Wildman–Crippen LogP) is 2.93. The first kappa shape index (κ1) is 21.1. The molecule has 0 radical (unpaired) electrons. The zero-order chi connectivity index (χ0) is 17.3. The minimum atomic E-state index is -4.86. The normalized spacial score (nSPS) is 18.0. The predicted molar refractivity (Wildman–Crippen MR) is 84.0 cm³/mol. The first-order valence-electron chi connectivity index (χ1n) is 7.11. The van der Waals surface area contributed by atoms with E-state index < -0.39 is 32.5 Å². The van der Waals surface area contributed by atoms with Crippen LogP contribution in [0.4, 0.5) is 17.6 Å². The zero-order valence-corrected chi connectivity index (χ0v) is 14.5. The molecule has 10 heteroatoms. The molecule has 0 atom stereocenters. The van der Waals surface area contributed by atoms with Crippen LogP contribution in [0.15, 0.2) is 23.1 Å². The Morgan fingerprint density at radius 1 is 1.25 bits per heavy atom. The second kappa shape index (κ2) is 7.55. The summed E-state index contributed by atoms with van der Waals surface area (Å²) in [6, 6.07) is 1.60. The van der Waals surface area contributed by atoms with Gasteiger partial charge >= 0.3 is 6.18 Å². The number of halogens is 5. The summed E-state index contributed by atoms with van der Waals surface area (Å²) in [6.45, 7) is 3.63. The Kier molecular flexibility index (Phi) is 6.65. The highest BCUT2D eigenvalue weighted by Gasteiger charge is 2.35. The van der Waals surface area contributed by atoms with Gasteiger partial charge in [0.1, 0.15) is 5.82 Å². The lowest BCUT2D eigenvalue weighted by atomic mass is 9.81. The van der Waals surface area contributed by atoms with E-state index in [1.54, 1.807) is 0 Å². The minimum Gasteiger partial charge on any atom is -0.317 e. The van der Waals surface area contributed by atoms with Crippen molar-refractivity contribution in [3.8, 4) is 0 Å². The Morgan fingerprint density at radius 3 is 2.33 bits per heavy atom. The topological polar surface area (TPSA) is 58.2 Å². The highest BCUT2D eigenvalue weighted by Crippen LogP contribution is 2.32. The summed E-state index contributed by atoms with van der Waals surface area (Å²) in [5.41, 5.74) is -1.72. The van der Waals surface area contributed by atoms with Crippen molar-refractivity contribution in [3.05, 3.63) is 29.6 Å². The molecule has 0 amide bonds. The molecule has 1 aliphatic rings. The van der Waals surface area contributed by atoms with Gasteiger partial charge in [0.15, 0.2) is 0 Å². The number of alkyl halides is 3. The molecule has 0 aromatic heterocycles. The van der Waals surface area contributed by atoms with Crippen molar-refractivity contribution in [2.75, 3.05) is 19.6 Å². The fourth-order valence-electron chi connectivity index (χ4n) is 2.45. The summed E-state index contributed by atoms with van der Waals surface area (Å²) >= 11 is 0. The van der Waals surface area contributed by atoms with Crippen molar-refractivity contribution in [1.82, 2.24) is 10.0 Å². The summed E-state index contributed by atoms with van der Waals surface area (Å²) in [4.78, 5) is -0.513. The molecule has 24 heavy (non-hydrogen) atoms. The van der Waals surface area contributed by atoms with Gasteiger partial charge < -0.3 is 5.32 Å². The Balaban J connectivity index is 0.00000288. The molecule has 4 nitrogen and oxygen atoms in total. The molecule has 1 fully saturated rings. The van der Waals surface area contributed by atoms with Gasteiger partial charge in [-0.2, -0.15) is 13.2 Å². The van der Waals surface area contributed by atoms with Crippen molar-refractivity contribution in [2.24, 2.45) is 5.41 Å². The second-order valence-corrected chi connectivity index (χ2v) is 7.79. The summed E-state index contributed by atoms with van der Waals surface area (Å²) in [6.07, 6.45) is -3.31. The third-order valence-electron chi connectivity index (χ3n) is 4.06. The molecular weight excluding hydrogens is 372 g/mol. The van der Waals surface area contributed by atoms with Crippen LogP contribution in [0, 0.1) is 11.2 Å². The van der Waals surface area contributed by atoms with Gasteiger partial charge in [0.2, 0.25) is 10.0 Å². The van der Waals surface area contributed by atoms with E-state index in [0.717, 1.165) is 32.0 Å². The molecule has 0 bridgehead atoms. The average molecular weight is 391 g/mol. The number of hydrogen-bond donors (Lipinski definition) is 2. The van der Waals surface area contributed by atoms with Gasteiger partial charge in [0.05, 0.1) is 10.5 Å². The van der Waals surface area contributed by atoms with Crippen LogP contribution in [-0.4, -0.2) is 28.1 Å². The third-order valence-corrected chi connectivity index (χ3v) is 5.45. The Labute approximate surface area is 144 Å². The number of sulfonamides is 1. The van der Waals surface area contributed by atoms with Crippen LogP contribution in [0.1, 0.15) is 25.3 Å². The van der Waals surface area contributed by atoms with Crippen LogP contribution in [0.5, 0.6) is 0 Å². The molecule has 1 aromatic rings. The SMILES string of the molecule is CC1(CNS(=O)(=O)c2ccc(C(F)(F)F)c(F)c2)CCNCC1.Cl. The smallest absolute Gasteiger partial charge is 0.317 e. The van der Waals surface area contributed by atoms with Crippen LogP contribution in [0.25, 0.3) is 0 Å². The van der Waals surface area contributed by atoms with Gasteiger partial charge in [-0.3, -0.25) is 0 Å². The van der Waals surface area contributed by atoms with E-state index >= 15 is 0 Å². The van der Waals surface area contributed by atoms with Crippen LogP contribution in [-0.2, 0) is 16.2 Å². The van der Waals surface area contributed by atoms with E-state index in [4.69, 9.17) is 0 Å². The Morgan fingerprint density at radius 2 is 1.83 bits per heavy atom. The van der Waals surface area contributed by atoms with Crippen LogP contribution >= 0.6 is 12.4 Å². The van der Waals surface area contributed by atoms with Crippen LogP contribution in [0.3, 0.4) is 0 Å². The lowest BCUT2D eigenvalue weighted by molar-refractivity contribution is -0.140. The van der Waals surface area contributed by atoms with Crippen molar-refractivity contribution < 1.29 is 26.0 Å². The monoisotopic (exact) mass is 390 g/mol. The molecular formula is C14H19ClF4N2O2S. The van der Waals surface area contributed by atoms with E-state index in [9.17, 15) is 26.0 Å². The summed E-state index contributed by atoms with van der Waals surface area (Å²) in [7, 11) is -4.06. The first-order chi connectivity index (χ1) is 10.5. The molecule has 2 rings (SSSR count). The summed E-state index contributed by atoms with van der Waals surface area (Å²) < 4.78 is 77.7. The molecule has 138 valence electrons. The van der Waals surface area contributed by atoms with Gasteiger partial charge in [-0.25, -0.2) is 17.5 Å². The largest absolute Gasteiger partial charge is 0.419 e. The number of piperidine rings is 1. The first-order valence-corrected chi connectivity index (χ1v) is 8.59. The maximum Gasteiger partial charge on any atom is 0.419 e. The molecule has 0 aliphatic carbocycles. The number of nitrogens with one attached hydrogen (secondary N) is 2. The number of hydrogen-bond acceptors (Lipinski definition) is 3. The van der Waals surface area contributed by atoms with E-state index in [-0.39, 0.29) is 24.4 Å². The lowest BCUT2D eigenvalue weighted by Crippen LogP contribution is -2.42. The quantitative estimate of drug-likeness (QED) is 0.777. The minimum absolute atomic E-state index is 0. The van der Waals surface area contributed by atoms with E-state index in [0.29, 0.717) is 12.1 Å². The fourth-order valence-corrected chi connectivity index (χ4v) is 3.66. The van der Waals surface area contributed by atoms with E-state index in [2.05, 4.69) is 10.0 Å². The molecule has 1 saturated heterocycles. The lowest BCUT2D eigenvalue weighted by Gasteiger charge is -2.34. The van der Waals surface area contributed by atoms with Gasteiger partial charge in [-0.15, -0.1) is 12.4 Å². The molecule has 1 heterocycles. The molecule has 0 spiro atoms. The Bertz CT molecular complexity index is 674. The highest BCUT2D eigenvalue weighted by molar-refractivity contribution is 7.89. The molecule has 1 aliphatic heterocycles. The van der Waals surface area contributed by atoms with Crippen molar-refractivity contribution >= 4 is 22.4 Å². The van der Waals surface area contributed by atoms with Crippen molar-refractivity contribution in [1.29, 1.82) is 0 Å². The fraction of sp³-hybridized carbons (Fsp3) is 0.571.